The van der Waals surface area contributed by atoms with E-state index in [9.17, 15) is 18.7 Å². The second-order valence-corrected chi connectivity index (χ2v) is 11.6. The van der Waals surface area contributed by atoms with E-state index in [1.807, 2.05) is 0 Å². The van der Waals surface area contributed by atoms with Gasteiger partial charge in [0.15, 0.2) is 5.82 Å². The summed E-state index contributed by atoms with van der Waals surface area (Å²) in [4.78, 5) is 27.1. The van der Waals surface area contributed by atoms with E-state index in [1.165, 1.54) is 18.2 Å². The largest absolute Gasteiger partial charge is 0.508 e. The first kappa shape index (κ1) is 27.5. The molecule has 3 saturated heterocycles. The smallest absolute Gasteiger partial charge is 0.319 e. The molecule has 3 atom stereocenters. The minimum atomic E-state index is -0.957. The topological polar surface area (TPSA) is 115 Å². The number of ether oxygens (including phenoxy) is 1. The van der Waals surface area contributed by atoms with Crippen molar-refractivity contribution in [3.8, 4) is 35.4 Å². The van der Waals surface area contributed by atoms with Gasteiger partial charge in [-0.3, -0.25) is 9.69 Å². The Morgan fingerprint density at radius 2 is 2.12 bits per heavy atom. The lowest BCUT2D eigenvalue weighted by Gasteiger charge is -2.30. The number of anilines is 1. The molecule has 1 unspecified atom stereocenters. The summed E-state index contributed by atoms with van der Waals surface area (Å²) in [5.41, 5.74) is -1.97. The molecule has 0 spiro atoms. The Hall–Kier alpha value is -4.34. The minimum absolute atomic E-state index is 0.00466. The van der Waals surface area contributed by atoms with E-state index in [4.69, 9.17) is 11.2 Å². The third kappa shape index (κ3) is 4.63. The number of hydrogen-bond donors (Lipinski definition) is 4. The van der Waals surface area contributed by atoms with Crippen LogP contribution in [0.3, 0.4) is 0 Å². The summed E-state index contributed by atoms with van der Waals surface area (Å²) in [6.45, 7) is 2.61. The molecule has 0 aliphatic carbocycles. The number of pyridine rings is 1. The standard InChI is InChI=1S/C31H29F3N6O3/c1-2-20-22(33)5-4-16-10-19(41)11-21(23(16)20)26-25(34)27-24(29(42)37-26)28(36-18-6-8-35-13-18)39-30(38-27)43-15-31-7-3-9-40(31)14-17(32)12-31/h1,4-5,10-11,17-18,35,41H,3,6-9,12-15H2,(H,37,42)(H,36,38,39)/t17-,18?,31+/m1/s1. The van der Waals surface area contributed by atoms with Gasteiger partial charge in [-0.1, -0.05) is 12.0 Å². The van der Waals surface area contributed by atoms with Gasteiger partial charge in [0.2, 0.25) is 0 Å². The lowest BCUT2D eigenvalue weighted by Crippen LogP contribution is -2.43. The summed E-state index contributed by atoms with van der Waals surface area (Å²) < 4.78 is 51.7. The van der Waals surface area contributed by atoms with Gasteiger partial charge in [-0.05, 0) is 55.9 Å². The van der Waals surface area contributed by atoms with E-state index in [2.05, 4.69) is 36.4 Å². The van der Waals surface area contributed by atoms with Crippen LogP contribution in [0.25, 0.3) is 32.9 Å². The Kier molecular flexibility index (Phi) is 6.67. The van der Waals surface area contributed by atoms with Crippen LogP contribution >= 0.6 is 0 Å². The summed E-state index contributed by atoms with van der Waals surface area (Å²) >= 11 is 0. The van der Waals surface area contributed by atoms with Gasteiger partial charge in [-0.15, -0.1) is 6.42 Å². The van der Waals surface area contributed by atoms with Crippen LogP contribution in [0.1, 0.15) is 31.2 Å². The van der Waals surface area contributed by atoms with Gasteiger partial charge < -0.3 is 25.5 Å². The van der Waals surface area contributed by atoms with Gasteiger partial charge in [-0.25, -0.2) is 13.2 Å². The molecule has 7 rings (SSSR count). The van der Waals surface area contributed by atoms with Crippen molar-refractivity contribution in [3.63, 3.8) is 0 Å². The van der Waals surface area contributed by atoms with Crippen LogP contribution in [0.4, 0.5) is 19.0 Å². The summed E-state index contributed by atoms with van der Waals surface area (Å²) in [5, 5.41) is 17.3. The molecule has 2 aromatic heterocycles. The molecular weight excluding hydrogens is 561 g/mol. The predicted molar refractivity (Wildman–Crippen MR) is 156 cm³/mol. The summed E-state index contributed by atoms with van der Waals surface area (Å²) in [7, 11) is 0. The minimum Gasteiger partial charge on any atom is -0.508 e. The first-order valence-electron chi connectivity index (χ1n) is 14.3. The van der Waals surface area contributed by atoms with Gasteiger partial charge in [0.05, 0.1) is 16.8 Å². The second kappa shape index (κ2) is 10.4. The molecule has 2 aromatic carbocycles. The molecule has 9 nitrogen and oxygen atoms in total. The van der Waals surface area contributed by atoms with E-state index in [1.54, 1.807) is 0 Å². The van der Waals surface area contributed by atoms with E-state index < -0.39 is 28.9 Å². The molecule has 4 aromatic rings. The molecule has 0 bridgehead atoms. The van der Waals surface area contributed by atoms with Crippen LogP contribution in [0.2, 0.25) is 0 Å². The molecule has 5 heterocycles. The highest BCUT2D eigenvalue weighted by molar-refractivity contribution is 6.02. The maximum atomic E-state index is 16.6. The monoisotopic (exact) mass is 590 g/mol. The van der Waals surface area contributed by atoms with Crippen LogP contribution < -0.4 is 20.9 Å². The molecule has 3 aliphatic rings. The number of alkyl halides is 1. The number of nitrogens with one attached hydrogen (secondary N) is 3. The Balaban J connectivity index is 1.39. The Morgan fingerprint density at radius 3 is 2.91 bits per heavy atom. The number of phenols is 1. The number of aromatic amines is 1. The van der Waals surface area contributed by atoms with Gasteiger partial charge in [0.25, 0.3) is 5.56 Å². The summed E-state index contributed by atoms with van der Waals surface area (Å²) in [6.07, 6.45) is 7.42. The number of nitrogens with zero attached hydrogens (tertiary/aromatic N) is 3. The number of aromatic nitrogens is 3. The highest BCUT2D eigenvalue weighted by Crippen LogP contribution is 2.41. The van der Waals surface area contributed by atoms with Crippen LogP contribution in [0, 0.1) is 24.0 Å². The number of phenolic OH excluding ortho intramolecular Hbond substituents is 1. The van der Waals surface area contributed by atoms with E-state index >= 15 is 4.39 Å². The van der Waals surface area contributed by atoms with Gasteiger partial charge >= 0.3 is 6.01 Å². The van der Waals surface area contributed by atoms with Crippen molar-refractivity contribution in [2.75, 3.05) is 38.1 Å². The number of benzene rings is 2. The predicted octanol–water partition coefficient (Wildman–Crippen LogP) is 3.83. The number of fused-ring (bicyclic) bond motifs is 3. The second-order valence-electron chi connectivity index (χ2n) is 11.6. The van der Waals surface area contributed by atoms with E-state index in [0.29, 0.717) is 24.9 Å². The molecule has 0 amide bonds. The quantitative estimate of drug-likeness (QED) is 0.251. The van der Waals surface area contributed by atoms with Crippen LogP contribution in [-0.2, 0) is 0 Å². The number of halogens is 3. The molecule has 4 N–H and O–H groups in total. The molecule has 0 radical (unpaired) electrons. The van der Waals surface area contributed by atoms with Gasteiger partial charge in [-0.2, -0.15) is 9.97 Å². The molecule has 222 valence electrons. The Morgan fingerprint density at radius 1 is 1.26 bits per heavy atom. The van der Waals surface area contributed by atoms with Crippen molar-refractivity contribution < 1.29 is 23.0 Å². The van der Waals surface area contributed by atoms with Crippen molar-refractivity contribution in [2.45, 2.75) is 43.4 Å². The number of H-pyrrole nitrogens is 1. The SMILES string of the molecule is C#Cc1c(F)ccc2cc(O)cc(-c3[nH]c(=O)c4c(NC5CCNC5)nc(OC[C@@]56CCCN5C[C@H](F)C6)nc4c3F)c12. The zero-order valence-electron chi connectivity index (χ0n) is 23.1. The third-order valence-electron chi connectivity index (χ3n) is 8.88. The molecule has 12 heteroatoms. The molecule has 43 heavy (non-hydrogen) atoms. The normalized spacial score (nSPS) is 23.6. The van der Waals surface area contributed by atoms with Gasteiger partial charge in [0, 0.05) is 36.5 Å². The lowest BCUT2D eigenvalue weighted by molar-refractivity contribution is 0.107. The van der Waals surface area contributed by atoms with Crippen molar-refractivity contribution in [3.05, 3.63) is 51.8 Å². The highest BCUT2D eigenvalue weighted by atomic mass is 19.1. The maximum absolute atomic E-state index is 16.6. The van der Waals surface area contributed by atoms with E-state index in [0.717, 1.165) is 38.4 Å². The van der Waals surface area contributed by atoms with Crippen molar-refractivity contribution >= 4 is 27.5 Å². The van der Waals surface area contributed by atoms with Gasteiger partial charge in [0.1, 0.15) is 41.1 Å². The van der Waals surface area contributed by atoms with E-state index in [-0.39, 0.29) is 63.3 Å². The fraction of sp³-hybridized carbons (Fsp3) is 0.387. The van der Waals surface area contributed by atoms with Crippen molar-refractivity contribution in [1.29, 1.82) is 0 Å². The fourth-order valence-electron chi connectivity index (χ4n) is 6.90. The van der Waals surface area contributed by atoms with Crippen LogP contribution in [-0.4, -0.2) is 75.5 Å². The average molecular weight is 591 g/mol. The summed E-state index contributed by atoms with van der Waals surface area (Å²) in [6, 6.07) is 4.93. The number of hydrogen-bond acceptors (Lipinski definition) is 8. The lowest BCUT2D eigenvalue weighted by atomic mass is 9.95. The average Bonchev–Trinajstić information content (AvgIpc) is 3.70. The first-order chi connectivity index (χ1) is 20.8. The molecule has 3 aliphatic heterocycles. The fourth-order valence-corrected chi connectivity index (χ4v) is 6.90. The Bertz CT molecular complexity index is 1870. The zero-order chi connectivity index (χ0) is 29.9. The molecule has 0 saturated carbocycles. The van der Waals surface area contributed by atoms with Crippen LogP contribution in [0.5, 0.6) is 11.8 Å². The molecular formula is C31H29F3N6O3. The molecule has 3 fully saturated rings. The third-order valence-corrected chi connectivity index (χ3v) is 8.88. The first-order valence-corrected chi connectivity index (χ1v) is 14.3. The Labute approximate surface area is 244 Å². The summed E-state index contributed by atoms with van der Waals surface area (Å²) in [5.74, 6) is 0.532. The number of rotatable bonds is 6. The zero-order valence-corrected chi connectivity index (χ0v) is 23.1. The van der Waals surface area contributed by atoms with Crippen LogP contribution in [0.15, 0.2) is 29.1 Å². The number of aromatic hydroxyl groups is 1. The van der Waals surface area contributed by atoms with Crippen molar-refractivity contribution in [2.24, 2.45) is 0 Å². The highest BCUT2D eigenvalue weighted by Gasteiger charge is 2.49. The maximum Gasteiger partial charge on any atom is 0.319 e. The number of terminal acetylenes is 1. The van der Waals surface area contributed by atoms with Crippen molar-refractivity contribution in [1.82, 2.24) is 25.2 Å².